The molecular weight excluding hydrogens is 226 g/mol. The van der Waals surface area contributed by atoms with Crippen molar-refractivity contribution in [3.05, 3.63) is 30.1 Å². The van der Waals surface area contributed by atoms with Crippen LogP contribution in [0.1, 0.15) is 37.8 Å². The molecule has 2 unspecified atom stereocenters. The van der Waals surface area contributed by atoms with Crippen molar-refractivity contribution in [1.82, 2.24) is 15.6 Å². The number of pyridine rings is 1. The third-order valence-electron chi connectivity index (χ3n) is 3.43. The Hall–Kier alpha value is -1.42. The highest BCUT2D eigenvalue weighted by molar-refractivity contribution is 5.76. The smallest absolute Gasteiger partial charge is 0.220 e. The quantitative estimate of drug-likeness (QED) is 0.850. The summed E-state index contributed by atoms with van der Waals surface area (Å²) in [6, 6.07) is 3.91. The monoisotopic (exact) mass is 247 g/mol. The van der Waals surface area contributed by atoms with Crippen LogP contribution in [0.4, 0.5) is 0 Å². The van der Waals surface area contributed by atoms with Crippen molar-refractivity contribution in [1.29, 1.82) is 0 Å². The van der Waals surface area contributed by atoms with Gasteiger partial charge in [0.2, 0.25) is 5.91 Å². The molecule has 1 amide bonds. The maximum atomic E-state index is 11.9. The molecule has 1 aliphatic rings. The average molecular weight is 247 g/mol. The van der Waals surface area contributed by atoms with Crippen molar-refractivity contribution >= 4 is 5.91 Å². The molecule has 4 nitrogen and oxygen atoms in total. The first-order valence-corrected chi connectivity index (χ1v) is 6.65. The summed E-state index contributed by atoms with van der Waals surface area (Å²) >= 11 is 0. The number of nitrogens with one attached hydrogen (secondary N) is 2. The highest BCUT2D eigenvalue weighted by atomic mass is 16.1. The van der Waals surface area contributed by atoms with Gasteiger partial charge in [0, 0.05) is 18.8 Å². The highest BCUT2D eigenvalue weighted by Gasteiger charge is 2.18. The topological polar surface area (TPSA) is 54.0 Å². The SMILES string of the molecule is CC(NC(=O)CC1CCCNC1)c1cccnc1. The van der Waals surface area contributed by atoms with Crippen LogP contribution in [-0.2, 0) is 4.79 Å². The minimum atomic E-state index is 0.0303. The number of amides is 1. The number of carbonyl (C=O) groups is 1. The van der Waals surface area contributed by atoms with Crippen LogP contribution >= 0.6 is 0 Å². The predicted molar refractivity (Wildman–Crippen MR) is 71.0 cm³/mol. The molecule has 1 fully saturated rings. The van der Waals surface area contributed by atoms with Crippen LogP contribution < -0.4 is 10.6 Å². The zero-order chi connectivity index (χ0) is 12.8. The first kappa shape index (κ1) is 13.0. The number of aromatic nitrogens is 1. The Bertz CT molecular complexity index is 374. The summed E-state index contributed by atoms with van der Waals surface area (Å²) < 4.78 is 0. The molecule has 1 aliphatic heterocycles. The molecular formula is C14H21N3O. The number of carbonyl (C=O) groups excluding carboxylic acids is 1. The van der Waals surface area contributed by atoms with Gasteiger partial charge in [0.15, 0.2) is 0 Å². The lowest BCUT2D eigenvalue weighted by atomic mass is 9.95. The van der Waals surface area contributed by atoms with E-state index in [9.17, 15) is 4.79 Å². The van der Waals surface area contributed by atoms with Crippen LogP contribution in [0.3, 0.4) is 0 Å². The number of rotatable bonds is 4. The zero-order valence-corrected chi connectivity index (χ0v) is 10.9. The van der Waals surface area contributed by atoms with E-state index in [0.29, 0.717) is 12.3 Å². The fourth-order valence-electron chi connectivity index (χ4n) is 2.38. The van der Waals surface area contributed by atoms with E-state index in [-0.39, 0.29) is 11.9 Å². The number of hydrogen-bond acceptors (Lipinski definition) is 3. The molecule has 0 spiro atoms. The maximum absolute atomic E-state index is 11.9. The average Bonchev–Trinajstić information content (AvgIpc) is 2.40. The van der Waals surface area contributed by atoms with Crippen LogP contribution in [-0.4, -0.2) is 24.0 Å². The maximum Gasteiger partial charge on any atom is 0.220 e. The minimum Gasteiger partial charge on any atom is -0.350 e. The molecule has 0 aromatic carbocycles. The van der Waals surface area contributed by atoms with Gasteiger partial charge in [0.25, 0.3) is 0 Å². The molecule has 2 atom stereocenters. The molecule has 98 valence electrons. The van der Waals surface area contributed by atoms with Gasteiger partial charge in [-0.1, -0.05) is 6.07 Å². The van der Waals surface area contributed by atoms with Crippen molar-refractivity contribution in [2.24, 2.45) is 5.92 Å². The van der Waals surface area contributed by atoms with E-state index in [2.05, 4.69) is 15.6 Å². The van der Waals surface area contributed by atoms with Crippen molar-refractivity contribution < 1.29 is 4.79 Å². The molecule has 0 aliphatic carbocycles. The van der Waals surface area contributed by atoms with Gasteiger partial charge in [0.05, 0.1) is 6.04 Å². The molecule has 1 aromatic rings. The predicted octanol–water partition coefficient (Wildman–Crippen LogP) is 1.65. The number of nitrogens with zero attached hydrogens (tertiary/aromatic N) is 1. The molecule has 18 heavy (non-hydrogen) atoms. The van der Waals surface area contributed by atoms with Gasteiger partial charge in [0.1, 0.15) is 0 Å². The van der Waals surface area contributed by atoms with Gasteiger partial charge in [-0.15, -0.1) is 0 Å². The van der Waals surface area contributed by atoms with Gasteiger partial charge in [-0.2, -0.15) is 0 Å². The fourth-order valence-corrected chi connectivity index (χ4v) is 2.38. The van der Waals surface area contributed by atoms with E-state index >= 15 is 0 Å². The molecule has 0 saturated carbocycles. The van der Waals surface area contributed by atoms with E-state index in [1.54, 1.807) is 12.4 Å². The van der Waals surface area contributed by atoms with Gasteiger partial charge in [-0.05, 0) is 50.4 Å². The summed E-state index contributed by atoms with van der Waals surface area (Å²) in [6.45, 7) is 4.05. The Morgan fingerprint density at radius 1 is 1.67 bits per heavy atom. The second-order valence-corrected chi connectivity index (χ2v) is 4.99. The van der Waals surface area contributed by atoms with E-state index < -0.39 is 0 Å². The van der Waals surface area contributed by atoms with Gasteiger partial charge in [-0.3, -0.25) is 9.78 Å². The fraction of sp³-hybridized carbons (Fsp3) is 0.571. The standard InChI is InChI=1S/C14H21N3O/c1-11(13-5-3-7-16-10-13)17-14(18)8-12-4-2-6-15-9-12/h3,5,7,10-12,15H,2,4,6,8-9H2,1H3,(H,17,18). The molecule has 0 bridgehead atoms. The molecule has 2 N–H and O–H groups in total. The normalized spacial score (nSPS) is 21.3. The van der Waals surface area contributed by atoms with Gasteiger partial charge < -0.3 is 10.6 Å². The van der Waals surface area contributed by atoms with Crippen molar-refractivity contribution in [3.63, 3.8) is 0 Å². The van der Waals surface area contributed by atoms with Crippen LogP contribution in [0, 0.1) is 5.92 Å². The number of piperidine rings is 1. The minimum absolute atomic E-state index is 0.0303. The lowest BCUT2D eigenvalue weighted by Gasteiger charge is -2.23. The molecule has 2 rings (SSSR count). The van der Waals surface area contributed by atoms with Crippen LogP contribution in [0.15, 0.2) is 24.5 Å². The second-order valence-electron chi connectivity index (χ2n) is 4.99. The second kappa shape index (κ2) is 6.50. The summed E-state index contributed by atoms with van der Waals surface area (Å²) in [6.07, 6.45) is 6.49. The first-order valence-electron chi connectivity index (χ1n) is 6.65. The molecule has 4 heteroatoms. The lowest BCUT2D eigenvalue weighted by molar-refractivity contribution is -0.122. The van der Waals surface area contributed by atoms with Crippen molar-refractivity contribution in [2.75, 3.05) is 13.1 Å². The van der Waals surface area contributed by atoms with Crippen LogP contribution in [0.5, 0.6) is 0 Å². The van der Waals surface area contributed by atoms with E-state index in [1.807, 2.05) is 19.1 Å². The van der Waals surface area contributed by atoms with Crippen molar-refractivity contribution in [2.45, 2.75) is 32.2 Å². The van der Waals surface area contributed by atoms with Gasteiger partial charge >= 0.3 is 0 Å². The summed E-state index contributed by atoms with van der Waals surface area (Å²) in [7, 11) is 0. The molecule has 1 saturated heterocycles. The summed E-state index contributed by atoms with van der Waals surface area (Å²) in [5.41, 5.74) is 1.05. The van der Waals surface area contributed by atoms with E-state index in [0.717, 1.165) is 25.1 Å². The Kier molecular flexibility index (Phi) is 4.70. The van der Waals surface area contributed by atoms with Crippen molar-refractivity contribution in [3.8, 4) is 0 Å². The summed E-state index contributed by atoms with van der Waals surface area (Å²) in [5.74, 6) is 0.625. The lowest BCUT2D eigenvalue weighted by Crippen LogP contribution is -2.35. The zero-order valence-electron chi connectivity index (χ0n) is 10.9. The Morgan fingerprint density at radius 3 is 3.22 bits per heavy atom. The Balaban J connectivity index is 1.80. The van der Waals surface area contributed by atoms with E-state index in [1.165, 1.54) is 6.42 Å². The van der Waals surface area contributed by atoms with E-state index in [4.69, 9.17) is 0 Å². The Morgan fingerprint density at radius 2 is 2.56 bits per heavy atom. The number of hydrogen-bond donors (Lipinski definition) is 2. The highest BCUT2D eigenvalue weighted by Crippen LogP contribution is 2.15. The molecule has 2 heterocycles. The summed E-state index contributed by atoms with van der Waals surface area (Å²) in [5, 5.41) is 6.37. The molecule has 1 aromatic heterocycles. The first-order chi connectivity index (χ1) is 8.75. The Labute approximate surface area is 108 Å². The summed E-state index contributed by atoms with van der Waals surface area (Å²) in [4.78, 5) is 16.0. The third kappa shape index (κ3) is 3.81. The third-order valence-corrected chi connectivity index (χ3v) is 3.43. The molecule has 0 radical (unpaired) electrons. The van der Waals surface area contributed by atoms with Crippen LogP contribution in [0.2, 0.25) is 0 Å². The van der Waals surface area contributed by atoms with Gasteiger partial charge in [-0.25, -0.2) is 0 Å². The van der Waals surface area contributed by atoms with Crippen LogP contribution in [0.25, 0.3) is 0 Å². The largest absolute Gasteiger partial charge is 0.350 e.